The SMILES string of the molecule is O=C(Cc1ccc(Sc2ccc(F)cc2)o1)C(=O)c1ncn[nH]1. The van der Waals surface area contributed by atoms with E-state index in [1.165, 1.54) is 23.9 Å². The Bertz CT molecular complexity index is 828. The second-order valence-electron chi connectivity index (χ2n) is 4.54. The number of nitrogens with zero attached hydrogens (tertiary/aromatic N) is 2. The van der Waals surface area contributed by atoms with Crippen LogP contribution in [0.4, 0.5) is 4.39 Å². The van der Waals surface area contributed by atoms with Crippen molar-refractivity contribution in [3.63, 3.8) is 0 Å². The highest BCUT2D eigenvalue weighted by molar-refractivity contribution is 7.99. The van der Waals surface area contributed by atoms with Crippen LogP contribution in [0.3, 0.4) is 0 Å². The van der Waals surface area contributed by atoms with Crippen LogP contribution in [0.1, 0.15) is 16.4 Å². The third-order valence-electron chi connectivity index (χ3n) is 2.89. The van der Waals surface area contributed by atoms with Gasteiger partial charge in [-0.3, -0.25) is 14.7 Å². The number of furan rings is 1. The first-order chi connectivity index (χ1) is 11.1. The van der Waals surface area contributed by atoms with Gasteiger partial charge in [-0.25, -0.2) is 9.37 Å². The van der Waals surface area contributed by atoms with E-state index in [-0.39, 0.29) is 18.1 Å². The molecule has 0 spiro atoms. The predicted octanol–water partition coefficient (Wildman–Crippen LogP) is 2.68. The fourth-order valence-corrected chi connectivity index (χ4v) is 2.60. The molecule has 116 valence electrons. The summed E-state index contributed by atoms with van der Waals surface area (Å²) >= 11 is 1.29. The molecular formula is C15H10FN3O3S. The maximum atomic E-state index is 12.9. The minimum absolute atomic E-state index is 0.0949. The fourth-order valence-electron chi connectivity index (χ4n) is 1.81. The summed E-state index contributed by atoms with van der Waals surface area (Å²) in [5, 5.41) is 6.42. The van der Waals surface area contributed by atoms with Gasteiger partial charge in [0.15, 0.2) is 10.9 Å². The number of nitrogens with one attached hydrogen (secondary N) is 1. The van der Waals surface area contributed by atoms with Gasteiger partial charge in [0.1, 0.15) is 17.9 Å². The van der Waals surface area contributed by atoms with Crippen LogP contribution < -0.4 is 0 Å². The topological polar surface area (TPSA) is 88.8 Å². The molecular weight excluding hydrogens is 321 g/mol. The number of aromatic nitrogens is 3. The fraction of sp³-hybridized carbons (Fsp3) is 0.0667. The number of hydrogen-bond acceptors (Lipinski definition) is 6. The number of hydrogen-bond donors (Lipinski definition) is 1. The van der Waals surface area contributed by atoms with E-state index in [1.54, 1.807) is 24.3 Å². The van der Waals surface area contributed by atoms with Crippen LogP contribution in [-0.4, -0.2) is 26.7 Å². The lowest BCUT2D eigenvalue weighted by Crippen LogP contribution is -2.17. The Morgan fingerprint density at radius 3 is 2.65 bits per heavy atom. The molecule has 2 aromatic heterocycles. The Morgan fingerprint density at radius 2 is 1.96 bits per heavy atom. The van der Waals surface area contributed by atoms with Crippen LogP contribution in [0.25, 0.3) is 0 Å². The number of halogens is 1. The monoisotopic (exact) mass is 331 g/mol. The van der Waals surface area contributed by atoms with Gasteiger partial charge in [0.25, 0.3) is 5.78 Å². The number of carbonyl (C=O) groups excluding carboxylic acids is 2. The van der Waals surface area contributed by atoms with Gasteiger partial charge in [-0.1, -0.05) is 11.8 Å². The van der Waals surface area contributed by atoms with Crippen molar-refractivity contribution in [2.24, 2.45) is 0 Å². The summed E-state index contributed by atoms with van der Waals surface area (Å²) < 4.78 is 18.4. The molecule has 0 aliphatic rings. The highest BCUT2D eigenvalue weighted by Gasteiger charge is 2.20. The Hall–Kier alpha value is -2.74. The van der Waals surface area contributed by atoms with Gasteiger partial charge in [-0.05, 0) is 36.4 Å². The average Bonchev–Trinajstić information content (AvgIpc) is 3.21. The second kappa shape index (κ2) is 6.57. The predicted molar refractivity (Wildman–Crippen MR) is 78.7 cm³/mol. The highest BCUT2D eigenvalue weighted by atomic mass is 32.2. The van der Waals surface area contributed by atoms with E-state index < -0.39 is 11.6 Å². The van der Waals surface area contributed by atoms with Crippen LogP contribution in [0, 0.1) is 5.82 Å². The normalized spacial score (nSPS) is 10.7. The van der Waals surface area contributed by atoms with Crippen molar-refractivity contribution in [1.82, 2.24) is 15.2 Å². The van der Waals surface area contributed by atoms with Crippen molar-refractivity contribution < 1.29 is 18.4 Å². The first-order valence-corrected chi connectivity index (χ1v) is 7.38. The molecule has 0 radical (unpaired) electrons. The lowest BCUT2D eigenvalue weighted by Gasteiger charge is -1.98. The molecule has 2 heterocycles. The summed E-state index contributed by atoms with van der Waals surface area (Å²) in [5.41, 5.74) is 0. The molecule has 8 heteroatoms. The summed E-state index contributed by atoms with van der Waals surface area (Å²) in [6.45, 7) is 0. The minimum Gasteiger partial charge on any atom is -0.454 e. The highest BCUT2D eigenvalue weighted by Crippen LogP contribution is 2.29. The zero-order valence-corrected chi connectivity index (χ0v) is 12.5. The number of carbonyl (C=O) groups is 2. The summed E-state index contributed by atoms with van der Waals surface area (Å²) in [5.74, 6) is -1.43. The Morgan fingerprint density at radius 1 is 1.17 bits per heavy atom. The summed E-state index contributed by atoms with van der Waals surface area (Å²) in [6, 6.07) is 9.27. The largest absolute Gasteiger partial charge is 0.454 e. The van der Waals surface area contributed by atoms with E-state index in [1.807, 2.05) is 0 Å². The lowest BCUT2D eigenvalue weighted by molar-refractivity contribution is -0.114. The molecule has 3 rings (SSSR count). The average molecular weight is 331 g/mol. The van der Waals surface area contributed by atoms with E-state index in [4.69, 9.17) is 4.42 Å². The molecule has 1 N–H and O–H groups in total. The molecule has 0 saturated heterocycles. The zero-order chi connectivity index (χ0) is 16.2. The minimum atomic E-state index is -0.744. The van der Waals surface area contributed by atoms with Crippen LogP contribution in [0.5, 0.6) is 0 Å². The summed E-state index contributed by atoms with van der Waals surface area (Å²) in [6.07, 6.45) is 0.994. The van der Waals surface area contributed by atoms with Crippen LogP contribution >= 0.6 is 11.8 Å². The molecule has 0 fully saturated rings. The molecule has 0 aliphatic carbocycles. The van der Waals surface area contributed by atoms with E-state index in [0.29, 0.717) is 10.9 Å². The molecule has 0 amide bonds. The van der Waals surface area contributed by atoms with Gasteiger partial charge in [-0.2, -0.15) is 5.10 Å². The van der Waals surface area contributed by atoms with E-state index >= 15 is 0 Å². The number of Topliss-reactive ketones (excluding diaryl/α,β-unsaturated/α-hetero) is 2. The van der Waals surface area contributed by atoms with Crippen molar-refractivity contribution in [3.8, 4) is 0 Å². The summed E-state index contributed by atoms with van der Waals surface area (Å²) in [7, 11) is 0. The first-order valence-electron chi connectivity index (χ1n) is 6.57. The number of ketones is 2. The van der Waals surface area contributed by atoms with Crippen molar-refractivity contribution in [3.05, 3.63) is 60.1 Å². The molecule has 0 saturated carbocycles. The van der Waals surface area contributed by atoms with Gasteiger partial charge < -0.3 is 4.42 Å². The maximum absolute atomic E-state index is 12.9. The molecule has 0 atom stereocenters. The number of aromatic amines is 1. The summed E-state index contributed by atoms with van der Waals surface area (Å²) in [4.78, 5) is 28.1. The Kier molecular flexibility index (Phi) is 4.33. The third-order valence-corrected chi connectivity index (χ3v) is 3.82. The molecule has 3 aromatic rings. The van der Waals surface area contributed by atoms with Gasteiger partial charge in [0.05, 0.1) is 6.42 Å². The van der Waals surface area contributed by atoms with Crippen LogP contribution in [0.2, 0.25) is 0 Å². The van der Waals surface area contributed by atoms with E-state index in [2.05, 4.69) is 15.2 Å². The molecule has 0 unspecified atom stereocenters. The van der Waals surface area contributed by atoms with Crippen molar-refractivity contribution in [2.75, 3.05) is 0 Å². The lowest BCUT2D eigenvalue weighted by atomic mass is 10.1. The smallest absolute Gasteiger partial charge is 0.265 e. The number of H-pyrrole nitrogens is 1. The van der Waals surface area contributed by atoms with E-state index in [9.17, 15) is 14.0 Å². The van der Waals surface area contributed by atoms with Crippen molar-refractivity contribution >= 4 is 23.3 Å². The number of rotatable bonds is 6. The molecule has 1 aromatic carbocycles. The quantitative estimate of drug-likeness (QED) is 0.552. The van der Waals surface area contributed by atoms with Crippen molar-refractivity contribution in [2.45, 2.75) is 16.4 Å². The van der Waals surface area contributed by atoms with Crippen molar-refractivity contribution in [1.29, 1.82) is 0 Å². The van der Waals surface area contributed by atoms with Crippen LogP contribution in [-0.2, 0) is 11.2 Å². The van der Waals surface area contributed by atoms with Gasteiger partial charge in [0, 0.05) is 4.90 Å². The van der Waals surface area contributed by atoms with Gasteiger partial charge >= 0.3 is 0 Å². The van der Waals surface area contributed by atoms with Gasteiger partial charge in [0.2, 0.25) is 5.78 Å². The zero-order valence-electron chi connectivity index (χ0n) is 11.7. The maximum Gasteiger partial charge on any atom is 0.265 e. The second-order valence-corrected chi connectivity index (χ2v) is 5.62. The Balaban J connectivity index is 1.64. The number of benzene rings is 1. The molecule has 23 heavy (non-hydrogen) atoms. The van der Waals surface area contributed by atoms with Gasteiger partial charge in [-0.15, -0.1) is 0 Å². The van der Waals surface area contributed by atoms with Crippen LogP contribution in [0.15, 0.2) is 57.1 Å². The standard InChI is InChI=1S/C15H10FN3O3S/c16-9-1-4-11(5-2-9)23-13-6-3-10(22-13)7-12(20)14(21)15-17-8-18-19-15/h1-6,8H,7H2,(H,17,18,19). The van der Waals surface area contributed by atoms with E-state index in [0.717, 1.165) is 11.2 Å². The Labute approximate surface area is 134 Å². The third kappa shape index (κ3) is 3.72. The molecule has 0 aliphatic heterocycles. The molecule has 6 nitrogen and oxygen atoms in total. The molecule has 0 bridgehead atoms. The first kappa shape index (κ1) is 15.2.